The zero-order valence-electron chi connectivity index (χ0n) is 12.3. The normalized spacial score (nSPS) is 28.3. The highest BCUT2D eigenvalue weighted by molar-refractivity contribution is 4.83. The molecule has 3 heteroatoms. The van der Waals surface area contributed by atoms with E-state index in [4.69, 9.17) is 4.74 Å². The Hall–Kier alpha value is -0.120. The molecule has 0 aromatic rings. The van der Waals surface area contributed by atoms with E-state index in [1.165, 1.54) is 32.2 Å². The first kappa shape index (κ1) is 14.3. The highest BCUT2D eigenvalue weighted by atomic mass is 16.5. The van der Waals surface area contributed by atoms with E-state index in [1.807, 2.05) is 0 Å². The predicted molar refractivity (Wildman–Crippen MR) is 75.8 cm³/mol. The maximum atomic E-state index is 5.57. The molecule has 1 heterocycles. The van der Waals surface area contributed by atoms with Gasteiger partial charge in [-0.05, 0) is 58.0 Å². The van der Waals surface area contributed by atoms with Gasteiger partial charge in [0.2, 0.25) is 0 Å². The largest absolute Gasteiger partial charge is 0.381 e. The van der Waals surface area contributed by atoms with Crippen molar-refractivity contribution in [2.45, 2.75) is 51.6 Å². The molecule has 2 aliphatic rings. The van der Waals surface area contributed by atoms with Gasteiger partial charge in [-0.1, -0.05) is 6.92 Å². The van der Waals surface area contributed by atoms with Gasteiger partial charge in [-0.25, -0.2) is 0 Å². The van der Waals surface area contributed by atoms with Crippen LogP contribution in [0.15, 0.2) is 0 Å². The van der Waals surface area contributed by atoms with Crippen LogP contribution in [0.4, 0.5) is 0 Å². The Morgan fingerprint density at radius 1 is 1.28 bits per heavy atom. The summed E-state index contributed by atoms with van der Waals surface area (Å²) in [6, 6.07) is 1.48. The van der Waals surface area contributed by atoms with E-state index < -0.39 is 0 Å². The van der Waals surface area contributed by atoms with Crippen LogP contribution in [-0.2, 0) is 4.74 Å². The lowest BCUT2D eigenvalue weighted by atomic mass is 9.98. The molecule has 1 aliphatic heterocycles. The molecular formula is C15H30N2O. The molecule has 1 saturated heterocycles. The van der Waals surface area contributed by atoms with Crippen LogP contribution in [-0.4, -0.2) is 50.3 Å². The molecule has 2 rings (SSSR count). The van der Waals surface area contributed by atoms with Crippen molar-refractivity contribution in [1.29, 1.82) is 0 Å². The second-order valence-corrected chi connectivity index (χ2v) is 6.42. The van der Waals surface area contributed by atoms with Crippen molar-refractivity contribution < 1.29 is 4.74 Å². The van der Waals surface area contributed by atoms with Gasteiger partial charge in [0.25, 0.3) is 0 Å². The zero-order valence-corrected chi connectivity index (χ0v) is 12.3. The van der Waals surface area contributed by atoms with Crippen LogP contribution >= 0.6 is 0 Å². The standard InChI is InChI=1S/C15H30N2O/c1-12(9-16-15-6-7-15)13(2)17(3)10-14-5-4-8-18-11-14/h12-16H,4-11H2,1-3H3. The van der Waals surface area contributed by atoms with Gasteiger partial charge in [0.1, 0.15) is 0 Å². The minimum atomic E-state index is 0.651. The van der Waals surface area contributed by atoms with Gasteiger partial charge in [0.05, 0.1) is 6.61 Å². The third kappa shape index (κ3) is 4.52. The van der Waals surface area contributed by atoms with E-state index in [-0.39, 0.29) is 0 Å². The third-order valence-electron chi connectivity index (χ3n) is 4.63. The highest BCUT2D eigenvalue weighted by Crippen LogP contribution is 2.20. The quantitative estimate of drug-likeness (QED) is 0.753. The number of rotatable bonds is 7. The van der Waals surface area contributed by atoms with Crippen molar-refractivity contribution in [3.05, 3.63) is 0 Å². The molecule has 0 radical (unpaired) electrons. The van der Waals surface area contributed by atoms with E-state index >= 15 is 0 Å². The molecule has 2 fully saturated rings. The van der Waals surface area contributed by atoms with Gasteiger partial charge in [-0.3, -0.25) is 0 Å². The zero-order chi connectivity index (χ0) is 13.0. The first-order valence-electron chi connectivity index (χ1n) is 7.68. The van der Waals surface area contributed by atoms with Crippen LogP contribution < -0.4 is 5.32 Å². The molecule has 1 N–H and O–H groups in total. The Balaban J connectivity index is 1.66. The molecule has 18 heavy (non-hydrogen) atoms. The third-order valence-corrected chi connectivity index (χ3v) is 4.63. The molecule has 1 aliphatic carbocycles. The van der Waals surface area contributed by atoms with Gasteiger partial charge in [0, 0.05) is 25.2 Å². The second-order valence-electron chi connectivity index (χ2n) is 6.42. The van der Waals surface area contributed by atoms with Crippen LogP contribution in [0.2, 0.25) is 0 Å². The number of hydrogen-bond donors (Lipinski definition) is 1. The Morgan fingerprint density at radius 3 is 2.67 bits per heavy atom. The van der Waals surface area contributed by atoms with Crippen LogP contribution in [0, 0.1) is 11.8 Å². The molecule has 0 amide bonds. The summed E-state index contributed by atoms with van der Waals surface area (Å²) < 4.78 is 5.57. The molecule has 0 aromatic carbocycles. The smallest absolute Gasteiger partial charge is 0.0506 e. The topological polar surface area (TPSA) is 24.5 Å². The minimum absolute atomic E-state index is 0.651. The number of nitrogens with one attached hydrogen (secondary N) is 1. The fraction of sp³-hybridized carbons (Fsp3) is 1.00. The van der Waals surface area contributed by atoms with E-state index in [2.05, 4.69) is 31.1 Å². The maximum Gasteiger partial charge on any atom is 0.0506 e. The molecule has 3 nitrogen and oxygen atoms in total. The summed E-state index contributed by atoms with van der Waals surface area (Å²) in [6.07, 6.45) is 5.35. The molecule has 0 spiro atoms. The molecule has 3 unspecified atom stereocenters. The fourth-order valence-corrected chi connectivity index (χ4v) is 2.77. The van der Waals surface area contributed by atoms with Gasteiger partial charge < -0.3 is 15.0 Å². The summed E-state index contributed by atoms with van der Waals surface area (Å²) in [5.74, 6) is 1.47. The average Bonchev–Trinajstić information content (AvgIpc) is 3.20. The number of hydrogen-bond acceptors (Lipinski definition) is 3. The predicted octanol–water partition coefficient (Wildman–Crippen LogP) is 2.12. The molecular weight excluding hydrogens is 224 g/mol. The van der Waals surface area contributed by atoms with Crippen molar-refractivity contribution in [2.75, 3.05) is 33.4 Å². The van der Waals surface area contributed by atoms with Crippen molar-refractivity contribution >= 4 is 0 Å². The lowest BCUT2D eigenvalue weighted by Gasteiger charge is -2.34. The number of nitrogens with zero attached hydrogens (tertiary/aromatic N) is 1. The van der Waals surface area contributed by atoms with Gasteiger partial charge >= 0.3 is 0 Å². The summed E-state index contributed by atoms with van der Waals surface area (Å²) in [5.41, 5.74) is 0. The second kappa shape index (κ2) is 6.88. The number of ether oxygens (including phenoxy) is 1. The Bertz CT molecular complexity index is 237. The van der Waals surface area contributed by atoms with Crippen molar-refractivity contribution in [3.8, 4) is 0 Å². The fourth-order valence-electron chi connectivity index (χ4n) is 2.77. The van der Waals surface area contributed by atoms with Crippen LogP contribution in [0.1, 0.15) is 39.5 Å². The van der Waals surface area contributed by atoms with Crippen molar-refractivity contribution in [2.24, 2.45) is 11.8 Å². The summed E-state index contributed by atoms with van der Waals surface area (Å²) in [4.78, 5) is 2.53. The SMILES string of the molecule is CC(CNC1CC1)C(C)N(C)CC1CCCOC1. The van der Waals surface area contributed by atoms with Crippen LogP contribution in [0.5, 0.6) is 0 Å². The Kier molecular flexibility index (Phi) is 5.46. The Labute approximate surface area is 112 Å². The van der Waals surface area contributed by atoms with Gasteiger partial charge in [-0.15, -0.1) is 0 Å². The van der Waals surface area contributed by atoms with Gasteiger partial charge in [0.15, 0.2) is 0 Å². The molecule has 1 saturated carbocycles. The lowest BCUT2D eigenvalue weighted by Crippen LogP contribution is -2.42. The lowest BCUT2D eigenvalue weighted by molar-refractivity contribution is 0.0334. The first-order valence-corrected chi connectivity index (χ1v) is 7.68. The van der Waals surface area contributed by atoms with E-state index in [0.29, 0.717) is 6.04 Å². The summed E-state index contributed by atoms with van der Waals surface area (Å²) in [7, 11) is 2.27. The summed E-state index contributed by atoms with van der Waals surface area (Å²) in [5, 5.41) is 3.64. The van der Waals surface area contributed by atoms with Crippen molar-refractivity contribution in [1.82, 2.24) is 10.2 Å². The van der Waals surface area contributed by atoms with Gasteiger partial charge in [-0.2, -0.15) is 0 Å². The average molecular weight is 254 g/mol. The van der Waals surface area contributed by atoms with E-state index in [9.17, 15) is 0 Å². The highest BCUT2D eigenvalue weighted by Gasteiger charge is 2.25. The van der Waals surface area contributed by atoms with Crippen LogP contribution in [0.25, 0.3) is 0 Å². The molecule has 0 bridgehead atoms. The van der Waals surface area contributed by atoms with E-state index in [0.717, 1.165) is 37.6 Å². The van der Waals surface area contributed by atoms with E-state index in [1.54, 1.807) is 0 Å². The van der Waals surface area contributed by atoms with Crippen LogP contribution in [0.3, 0.4) is 0 Å². The summed E-state index contributed by atoms with van der Waals surface area (Å²) >= 11 is 0. The molecule has 0 aromatic heterocycles. The van der Waals surface area contributed by atoms with Crippen molar-refractivity contribution in [3.63, 3.8) is 0 Å². The first-order chi connectivity index (χ1) is 8.66. The molecule has 3 atom stereocenters. The molecule has 106 valence electrons. The minimum Gasteiger partial charge on any atom is -0.381 e. The maximum absolute atomic E-state index is 5.57. The monoisotopic (exact) mass is 254 g/mol. The Morgan fingerprint density at radius 2 is 2.06 bits per heavy atom. The summed E-state index contributed by atoms with van der Waals surface area (Å²) in [6.45, 7) is 9.02.